The molecule has 1 amide bonds. The van der Waals surface area contributed by atoms with Crippen molar-refractivity contribution in [2.45, 2.75) is 13.5 Å². The predicted molar refractivity (Wildman–Crippen MR) is 128 cm³/mol. The first-order valence-electron chi connectivity index (χ1n) is 9.92. The van der Waals surface area contributed by atoms with Crippen molar-refractivity contribution in [3.05, 3.63) is 81.0 Å². The van der Waals surface area contributed by atoms with Gasteiger partial charge < -0.3 is 4.74 Å². The molecule has 7 nitrogen and oxygen atoms in total. The summed E-state index contributed by atoms with van der Waals surface area (Å²) in [6, 6.07) is 11.6. The Balaban J connectivity index is 1.46. The number of carbonyl (C=O) groups excluding carboxylic acids is 1. The van der Waals surface area contributed by atoms with Gasteiger partial charge in [0, 0.05) is 0 Å². The lowest BCUT2D eigenvalue weighted by Gasteiger charge is -2.06. The second-order valence-electron chi connectivity index (χ2n) is 7.35. The molecule has 0 aliphatic rings. The third kappa shape index (κ3) is 3.98. The fourth-order valence-corrected chi connectivity index (χ4v) is 5.48. The van der Waals surface area contributed by atoms with Crippen LogP contribution < -0.4 is 15.6 Å². The minimum Gasteiger partial charge on any atom is -0.497 e. The molecule has 0 aliphatic carbocycles. The monoisotopic (exact) mass is 480 g/mol. The van der Waals surface area contributed by atoms with E-state index in [9.17, 15) is 14.0 Å². The normalized spacial score (nSPS) is 11.2. The number of ether oxygens (including phenoxy) is 1. The molecule has 0 bridgehead atoms. The first-order valence-corrected chi connectivity index (χ1v) is 11.5. The predicted octanol–water partition coefficient (Wildman–Crippen LogP) is 4.82. The Hall–Kier alpha value is -3.63. The number of thiophene rings is 1. The topological polar surface area (TPSA) is 86.1 Å². The van der Waals surface area contributed by atoms with Crippen LogP contribution in [0.4, 0.5) is 9.52 Å². The Morgan fingerprint density at radius 3 is 2.85 bits per heavy atom. The summed E-state index contributed by atoms with van der Waals surface area (Å²) in [5.41, 5.74) is 1.69. The molecular weight excluding hydrogens is 463 g/mol. The second-order valence-corrected chi connectivity index (χ2v) is 9.38. The average molecular weight is 481 g/mol. The lowest BCUT2D eigenvalue weighted by molar-refractivity contribution is 0.103. The SMILES string of the molecule is COc1ccc2nc(NC(=O)c3sc4ncn(Cc5cccc(F)c5)c(=O)c4c3C)sc2c1. The maximum absolute atomic E-state index is 13.5. The van der Waals surface area contributed by atoms with Crippen LogP contribution in [0.15, 0.2) is 53.6 Å². The van der Waals surface area contributed by atoms with Crippen molar-refractivity contribution in [1.29, 1.82) is 0 Å². The van der Waals surface area contributed by atoms with Gasteiger partial charge in [0.1, 0.15) is 16.4 Å². The van der Waals surface area contributed by atoms with E-state index in [0.29, 0.717) is 37.1 Å². The van der Waals surface area contributed by atoms with Gasteiger partial charge in [0.05, 0.1) is 40.5 Å². The molecule has 0 atom stereocenters. The molecule has 0 radical (unpaired) electrons. The highest BCUT2D eigenvalue weighted by Gasteiger charge is 2.21. The highest BCUT2D eigenvalue weighted by molar-refractivity contribution is 7.23. The van der Waals surface area contributed by atoms with Crippen LogP contribution in [0.2, 0.25) is 0 Å². The summed E-state index contributed by atoms with van der Waals surface area (Å²) in [6.07, 6.45) is 1.42. The van der Waals surface area contributed by atoms with Crippen molar-refractivity contribution in [3.63, 3.8) is 0 Å². The number of anilines is 1. The average Bonchev–Trinajstić information content (AvgIpc) is 3.35. The van der Waals surface area contributed by atoms with E-state index in [1.54, 1.807) is 26.2 Å². The minimum atomic E-state index is -0.367. The van der Waals surface area contributed by atoms with Crippen molar-refractivity contribution in [2.24, 2.45) is 0 Å². The number of fused-ring (bicyclic) bond motifs is 2. The summed E-state index contributed by atoms with van der Waals surface area (Å²) < 4.78 is 21.0. The molecule has 3 heterocycles. The molecule has 0 saturated heterocycles. The number of amides is 1. The molecule has 5 rings (SSSR count). The number of nitrogens with zero attached hydrogens (tertiary/aromatic N) is 3. The van der Waals surface area contributed by atoms with E-state index in [1.165, 1.54) is 34.4 Å². The summed E-state index contributed by atoms with van der Waals surface area (Å²) in [6.45, 7) is 1.91. The Kier molecular flexibility index (Phi) is 5.39. The van der Waals surface area contributed by atoms with E-state index in [2.05, 4.69) is 15.3 Å². The van der Waals surface area contributed by atoms with Gasteiger partial charge in [-0.25, -0.2) is 14.4 Å². The first-order chi connectivity index (χ1) is 15.9. The lowest BCUT2D eigenvalue weighted by Crippen LogP contribution is -2.21. The van der Waals surface area contributed by atoms with Crippen LogP contribution in [0.3, 0.4) is 0 Å². The Labute approximate surface area is 195 Å². The Morgan fingerprint density at radius 2 is 2.06 bits per heavy atom. The van der Waals surface area contributed by atoms with Gasteiger partial charge in [0.15, 0.2) is 5.13 Å². The number of thiazole rings is 1. The number of aryl methyl sites for hydroxylation is 1. The maximum Gasteiger partial charge on any atom is 0.267 e. The van der Waals surface area contributed by atoms with Crippen LogP contribution in [0.5, 0.6) is 5.75 Å². The molecule has 10 heteroatoms. The molecule has 5 aromatic rings. The van der Waals surface area contributed by atoms with Gasteiger partial charge in [-0.05, 0) is 48.4 Å². The van der Waals surface area contributed by atoms with E-state index in [1.807, 2.05) is 18.2 Å². The highest BCUT2D eigenvalue weighted by Crippen LogP contribution is 2.31. The van der Waals surface area contributed by atoms with Gasteiger partial charge in [0.25, 0.3) is 11.5 Å². The van der Waals surface area contributed by atoms with E-state index in [0.717, 1.165) is 21.6 Å². The van der Waals surface area contributed by atoms with Gasteiger partial charge in [-0.15, -0.1) is 11.3 Å². The summed E-state index contributed by atoms with van der Waals surface area (Å²) in [5, 5.41) is 3.67. The van der Waals surface area contributed by atoms with E-state index >= 15 is 0 Å². The number of aromatic nitrogens is 3. The summed E-state index contributed by atoms with van der Waals surface area (Å²) in [4.78, 5) is 35.8. The summed E-state index contributed by atoms with van der Waals surface area (Å²) >= 11 is 2.50. The van der Waals surface area contributed by atoms with Crippen molar-refractivity contribution in [2.75, 3.05) is 12.4 Å². The van der Waals surface area contributed by atoms with Gasteiger partial charge in [0.2, 0.25) is 0 Å². The summed E-state index contributed by atoms with van der Waals surface area (Å²) in [7, 11) is 1.59. The van der Waals surface area contributed by atoms with Gasteiger partial charge >= 0.3 is 0 Å². The number of nitrogens with one attached hydrogen (secondary N) is 1. The van der Waals surface area contributed by atoms with E-state index in [-0.39, 0.29) is 23.8 Å². The van der Waals surface area contributed by atoms with E-state index in [4.69, 9.17) is 4.74 Å². The van der Waals surface area contributed by atoms with Crippen LogP contribution in [0.25, 0.3) is 20.4 Å². The smallest absolute Gasteiger partial charge is 0.267 e. The van der Waals surface area contributed by atoms with Crippen LogP contribution >= 0.6 is 22.7 Å². The number of carbonyl (C=O) groups is 1. The number of rotatable bonds is 5. The van der Waals surface area contributed by atoms with E-state index < -0.39 is 0 Å². The van der Waals surface area contributed by atoms with Gasteiger partial charge in [-0.1, -0.05) is 23.5 Å². The lowest BCUT2D eigenvalue weighted by atomic mass is 10.2. The molecule has 0 unspecified atom stereocenters. The quantitative estimate of drug-likeness (QED) is 0.390. The zero-order valence-electron chi connectivity index (χ0n) is 17.6. The molecule has 2 aromatic carbocycles. The number of halogens is 1. The van der Waals surface area contributed by atoms with Crippen LogP contribution in [0.1, 0.15) is 20.8 Å². The first kappa shape index (κ1) is 21.2. The Morgan fingerprint density at radius 1 is 1.21 bits per heavy atom. The van der Waals surface area contributed by atoms with Crippen LogP contribution in [-0.4, -0.2) is 27.6 Å². The molecule has 33 heavy (non-hydrogen) atoms. The second kappa shape index (κ2) is 8.38. The summed E-state index contributed by atoms with van der Waals surface area (Å²) in [5.74, 6) is -0.00359. The highest BCUT2D eigenvalue weighted by atomic mass is 32.1. The molecule has 0 saturated carbocycles. The van der Waals surface area contributed by atoms with Gasteiger partial charge in [-0.3, -0.25) is 19.5 Å². The molecule has 0 aliphatic heterocycles. The molecular formula is C23H17FN4O3S2. The maximum atomic E-state index is 13.5. The minimum absolute atomic E-state index is 0.186. The standard InChI is InChI=1S/C23H17FN4O3S2/c1-12-18-21(25-11-28(22(18)30)10-13-4-3-5-14(24)8-13)33-19(12)20(29)27-23-26-16-7-6-15(31-2)9-17(16)32-23/h3-9,11H,10H2,1-2H3,(H,26,27,29). The molecule has 3 aromatic heterocycles. The van der Waals surface area contributed by atoms with Crippen molar-refractivity contribution in [1.82, 2.24) is 14.5 Å². The third-order valence-corrected chi connectivity index (χ3v) is 7.31. The number of hydrogen-bond acceptors (Lipinski definition) is 7. The van der Waals surface area contributed by atoms with Gasteiger partial charge in [-0.2, -0.15) is 0 Å². The number of hydrogen-bond donors (Lipinski definition) is 1. The van der Waals surface area contributed by atoms with Crippen LogP contribution in [0, 0.1) is 12.7 Å². The molecule has 0 spiro atoms. The molecule has 1 N–H and O–H groups in total. The largest absolute Gasteiger partial charge is 0.497 e. The Bertz CT molecular complexity index is 1590. The van der Waals surface area contributed by atoms with Crippen LogP contribution in [-0.2, 0) is 6.54 Å². The third-order valence-electron chi connectivity index (χ3n) is 5.18. The molecule has 0 fully saturated rings. The fourth-order valence-electron chi connectivity index (χ4n) is 3.56. The number of benzene rings is 2. The van der Waals surface area contributed by atoms with Crippen molar-refractivity contribution in [3.8, 4) is 5.75 Å². The zero-order chi connectivity index (χ0) is 23.1. The fraction of sp³-hybridized carbons (Fsp3) is 0.130. The zero-order valence-corrected chi connectivity index (χ0v) is 19.2. The van der Waals surface area contributed by atoms with Crippen molar-refractivity contribution >= 4 is 54.1 Å². The molecule has 166 valence electrons. The number of methoxy groups -OCH3 is 1. The van der Waals surface area contributed by atoms with Crippen molar-refractivity contribution < 1.29 is 13.9 Å².